The van der Waals surface area contributed by atoms with Crippen molar-refractivity contribution in [3.63, 3.8) is 0 Å². The predicted octanol–water partition coefficient (Wildman–Crippen LogP) is 4.68. The Kier molecular flexibility index (Phi) is 5.91. The average Bonchev–Trinajstić information content (AvgIpc) is 2.21. The lowest BCUT2D eigenvalue weighted by Gasteiger charge is -2.47. The lowest BCUT2D eigenvalue weighted by atomic mass is 9.55. The monoisotopic (exact) mass is 314 g/mol. The zero-order chi connectivity index (χ0) is 18.1. The second-order valence-electron chi connectivity index (χ2n) is 9.66. The van der Waals surface area contributed by atoms with Crippen molar-refractivity contribution in [3.8, 4) is 0 Å². The van der Waals surface area contributed by atoms with Crippen LogP contribution < -0.4 is 0 Å². The molecule has 0 fully saturated rings. The molecule has 0 saturated carbocycles. The average molecular weight is 314 g/mol. The molecule has 0 aliphatic carbocycles. The molecule has 0 saturated heterocycles. The zero-order valence-corrected chi connectivity index (χ0v) is 15.7. The van der Waals surface area contributed by atoms with E-state index >= 15 is 0 Å². The van der Waals surface area contributed by atoms with E-state index in [-0.39, 0.29) is 16.7 Å². The highest BCUT2D eigenvalue weighted by molar-refractivity contribution is 5.86. The minimum Gasteiger partial charge on any atom is -0.481 e. The minimum atomic E-state index is -1.35. The van der Waals surface area contributed by atoms with Gasteiger partial charge in [-0.05, 0) is 50.4 Å². The van der Waals surface area contributed by atoms with Crippen molar-refractivity contribution < 1.29 is 19.8 Å². The summed E-state index contributed by atoms with van der Waals surface area (Å²) in [5, 5.41) is 19.5. The molecule has 0 aromatic rings. The Morgan fingerprint density at radius 1 is 0.727 bits per heavy atom. The van der Waals surface area contributed by atoms with Crippen LogP contribution in [0.3, 0.4) is 0 Å². The second kappa shape index (κ2) is 6.21. The largest absolute Gasteiger partial charge is 0.481 e. The van der Waals surface area contributed by atoms with Crippen molar-refractivity contribution in [2.75, 3.05) is 0 Å². The Balaban J connectivity index is 6.09. The molecule has 4 nitrogen and oxygen atoms in total. The standard InChI is InChI=1S/C18H34O4/c1-15(2,3)10-12(11-16(4,5)6)18(9,14(21)22)17(7,8)13(19)20/h12H,10-11H2,1-9H3,(H,19,20)(H,21,22). The van der Waals surface area contributed by atoms with Crippen molar-refractivity contribution in [2.24, 2.45) is 27.6 Å². The molecule has 0 heterocycles. The van der Waals surface area contributed by atoms with Gasteiger partial charge in [-0.25, -0.2) is 0 Å². The van der Waals surface area contributed by atoms with Gasteiger partial charge in [-0.3, -0.25) is 9.59 Å². The van der Waals surface area contributed by atoms with E-state index in [1.165, 1.54) is 13.8 Å². The molecule has 0 bridgehead atoms. The number of hydrogen-bond acceptors (Lipinski definition) is 2. The number of rotatable bonds is 6. The van der Waals surface area contributed by atoms with Crippen LogP contribution in [0.5, 0.6) is 0 Å². The third kappa shape index (κ3) is 4.72. The molecular weight excluding hydrogens is 280 g/mol. The highest BCUT2D eigenvalue weighted by Crippen LogP contribution is 2.52. The molecule has 0 rings (SSSR count). The SMILES string of the molecule is CC(C)(C)CC(CC(C)(C)C)C(C)(C(=O)O)C(C)(C)C(=O)O. The second-order valence-corrected chi connectivity index (χ2v) is 9.66. The first-order chi connectivity index (χ1) is 9.45. The molecule has 130 valence electrons. The van der Waals surface area contributed by atoms with Crippen LogP contribution >= 0.6 is 0 Å². The number of aliphatic carboxylic acids is 2. The Hall–Kier alpha value is -1.06. The van der Waals surface area contributed by atoms with E-state index in [2.05, 4.69) is 41.5 Å². The minimum absolute atomic E-state index is 0.0682. The maximum atomic E-state index is 12.1. The van der Waals surface area contributed by atoms with Gasteiger partial charge in [0.15, 0.2) is 0 Å². The third-order valence-electron chi connectivity index (χ3n) is 4.81. The highest BCUT2D eigenvalue weighted by atomic mass is 16.4. The molecule has 0 aliphatic rings. The summed E-state index contributed by atoms with van der Waals surface area (Å²) in [5.41, 5.74) is -2.82. The Morgan fingerprint density at radius 2 is 1.05 bits per heavy atom. The number of carboxylic acids is 2. The van der Waals surface area contributed by atoms with E-state index in [1.54, 1.807) is 6.92 Å². The molecule has 2 N–H and O–H groups in total. The van der Waals surface area contributed by atoms with Crippen LogP contribution in [-0.2, 0) is 9.59 Å². The molecule has 0 spiro atoms. The lowest BCUT2D eigenvalue weighted by molar-refractivity contribution is -0.177. The molecule has 4 heteroatoms. The number of carboxylic acid groups (broad SMARTS) is 2. The molecule has 0 aliphatic heterocycles. The van der Waals surface area contributed by atoms with Gasteiger partial charge < -0.3 is 10.2 Å². The molecule has 0 radical (unpaired) electrons. The normalized spacial score (nSPS) is 16.5. The van der Waals surface area contributed by atoms with Gasteiger partial charge in [0.05, 0.1) is 10.8 Å². The summed E-state index contributed by atoms with van der Waals surface area (Å²) < 4.78 is 0. The summed E-state index contributed by atoms with van der Waals surface area (Å²) in [7, 11) is 0. The first kappa shape index (κ1) is 20.9. The van der Waals surface area contributed by atoms with Crippen molar-refractivity contribution in [1.82, 2.24) is 0 Å². The topological polar surface area (TPSA) is 74.6 Å². The quantitative estimate of drug-likeness (QED) is 0.746. The fraction of sp³-hybridized carbons (Fsp3) is 0.889. The Bertz CT molecular complexity index is 407. The van der Waals surface area contributed by atoms with Crippen LogP contribution in [0, 0.1) is 27.6 Å². The van der Waals surface area contributed by atoms with Crippen LogP contribution in [0.15, 0.2) is 0 Å². The van der Waals surface area contributed by atoms with Gasteiger partial charge >= 0.3 is 11.9 Å². The summed E-state index contributed by atoms with van der Waals surface area (Å²) >= 11 is 0. The zero-order valence-electron chi connectivity index (χ0n) is 15.7. The van der Waals surface area contributed by atoms with Crippen LogP contribution in [0.4, 0.5) is 0 Å². The van der Waals surface area contributed by atoms with Gasteiger partial charge in [-0.1, -0.05) is 41.5 Å². The van der Waals surface area contributed by atoms with Crippen LogP contribution in [0.2, 0.25) is 0 Å². The maximum Gasteiger partial charge on any atom is 0.310 e. The lowest BCUT2D eigenvalue weighted by Crippen LogP contribution is -2.53. The van der Waals surface area contributed by atoms with E-state index in [0.717, 1.165) is 0 Å². The van der Waals surface area contributed by atoms with Crippen molar-refractivity contribution in [2.45, 2.75) is 75.2 Å². The van der Waals surface area contributed by atoms with Gasteiger partial charge in [-0.15, -0.1) is 0 Å². The van der Waals surface area contributed by atoms with Gasteiger partial charge in [-0.2, -0.15) is 0 Å². The first-order valence-corrected chi connectivity index (χ1v) is 7.92. The van der Waals surface area contributed by atoms with Gasteiger partial charge in [0, 0.05) is 0 Å². The fourth-order valence-electron chi connectivity index (χ4n) is 3.13. The van der Waals surface area contributed by atoms with Crippen LogP contribution in [0.1, 0.15) is 75.2 Å². The smallest absolute Gasteiger partial charge is 0.310 e. The fourth-order valence-corrected chi connectivity index (χ4v) is 3.13. The summed E-state index contributed by atoms with van der Waals surface area (Å²) in [6.45, 7) is 17.1. The summed E-state index contributed by atoms with van der Waals surface area (Å²) in [4.78, 5) is 23.9. The molecule has 1 unspecified atom stereocenters. The molecule has 0 amide bonds. The van der Waals surface area contributed by atoms with E-state index in [9.17, 15) is 19.8 Å². The van der Waals surface area contributed by atoms with E-state index in [0.29, 0.717) is 12.8 Å². The Morgan fingerprint density at radius 3 is 1.23 bits per heavy atom. The van der Waals surface area contributed by atoms with Crippen molar-refractivity contribution >= 4 is 11.9 Å². The van der Waals surface area contributed by atoms with Crippen molar-refractivity contribution in [1.29, 1.82) is 0 Å². The van der Waals surface area contributed by atoms with Gasteiger partial charge in [0.1, 0.15) is 0 Å². The predicted molar refractivity (Wildman–Crippen MR) is 88.8 cm³/mol. The maximum absolute atomic E-state index is 12.1. The summed E-state index contributed by atoms with van der Waals surface area (Å²) in [6.07, 6.45) is 1.34. The Labute approximate surface area is 135 Å². The third-order valence-corrected chi connectivity index (χ3v) is 4.81. The summed E-state index contributed by atoms with van der Waals surface area (Å²) in [5.74, 6) is -2.32. The van der Waals surface area contributed by atoms with E-state index in [1.807, 2.05) is 0 Å². The van der Waals surface area contributed by atoms with Crippen molar-refractivity contribution in [3.05, 3.63) is 0 Å². The van der Waals surface area contributed by atoms with Gasteiger partial charge in [0.25, 0.3) is 0 Å². The molecule has 0 aromatic carbocycles. The molecular formula is C18H34O4. The summed E-state index contributed by atoms with van der Waals surface area (Å²) in [6, 6.07) is 0. The molecule has 1 atom stereocenters. The molecule has 0 aromatic heterocycles. The van der Waals surface area contributed by atoms with E-state index < -0.39 is 22.8 Å². The molecule has 22 heavy (non-hydrogen) atoms. The first-order valence-electron chi connectivity index (χ1n) is 7.92. The number of hydrogen-bond donors (Lipinski definition) is 2. The van der Waals surface area contributed by atoms with E-state index in [4.69, 9.17) is 0 Å². The van der Waals surface area contributed by atoms with Gasteiger partial charge in [0.2, 0.25) is 0 Å². The van der Waals surface area contributed by atoms with Crippen LogP contribution in [-0.4, -0.2) is 22.2 Å². The van der Waals surface area contributed by atoms with Crippen LogP contribution in [0.25, 0.3) is 0 Å². The number of carbonyl (C=O) groups is 2. The highest BCUT2D eigenvalue weighted by Gasteiger charge is 2.57.